The Labute approximate surface area is 84.0 Å². The number of anilines is 1. The van der Waals surface area contributed by atoms with Gasteiger partial charge in [0.15, 0.2) is 0 Å². The Hall–Kier alpha value is -1.64. The summed E-state index contributed by atoms with van der Waals surface area (Å²) in [5.41, 5.74) is 8.40. The average molecular weight is 189 g/mol. The van der Waals surface area contributed by atoms with Gasteiger partial charge in [0.25, 0.3) is 0 Å². The van der Waals surface area contributed by atoms with Gasteiger partial charge in [-0.25, -0.2) is 4.98 Å². The normalized spacial score (nSPS) is 9.36. The minimum absolute atomic E-state index is 0.469. The summed E-state index contributed by atoms with van der Waals surface area (Å²) in [7, 11) is 0. The van der Waals surface area contributed by atoms with Crippen molar-refractivity contribution in [1.29, 1.82) is 0 Å². The molecule has 14 heavy (non-hydrogen) atoms. The third kappa shape index (κ3) is 1.99. The van der Waals surface area contributed by atoms with Crippen molar-refractivity contribution in [3.8, 4) is 0 Å². The molecule has 1 aromatic carbocycles. The fourth-order valence-corrected chi connectivity index (χ4v) is 1.19. The summed E-state index contributed by atoms with van der Waals surface area (Å²) in [6.45, 7) is 6.00. The lowest BCUT2D eigenvalue weighted by atomic mass is 10.2. The van der Waals surface area contributed by atoms with Gasteiger partial charge < -0.3 is 5.73 Å². The second kappa shape index (κ2) is 4.56. The van der Waals surface area contributed by atoms with E-state index in [9.17, 15) is 0 Å². The van der Waals surface area contributed by atoms with Crippen LogP contribution in [0, 0.1) is 6.92 Å². The van der Waals surface area contributed by atoms with Gasteiger partial charge >= 0.3 is 0 Å². The second-order valence-corrected chi connectivity index (χ2v) is 2.74. The Morgan fingerprint density at radius 2 is 1.93 bits per heavy atom. The fraction of sp³-hybridized carbons (Fsp3) is 0.273. The molecule has 0 saturated carbocycles. The highest BCUT2D eigenvalue weighted by Crippen LogP contribution is 2.13. The molecular formula is C11H15N3. The molecule has 1 heterocycles. The summed E-state index contributed by atoms with van der Waals surface area (Å²) in [6, 6.07) is 5.88. The molecule has 0 bridgehead atoms. The molecule has 2 aromatic rings. The lowest BCUT2D eigenvalue weighted by Gasteiger charge is -1.99. The van der Waals surface area contributed by atoms with Gasteiger partial charge in [0, 0.05) is 0 Å². The Bertz CT molecular complexity index is 424. The number of rotatable bonds is 0. The monoisotopic (exact) mass is 189 g/mol. The summed E-state index contributed by atoms with van der Waals surface area (Å²) in [5.74, 6) is 0.469. The van der Waals surface area contributed by atoms with Gasteiger partial charge in [0.05, 0.1) is 17.2 Å². The molecule has 0 aliphatic heterocycles. The SMILES string of the molecule is CC.Cc1cccc2ncc(N)nc12. The Morgan fingerprint density at radius 1 is 1.21 bits per heavy atom. The molecule has 3 nitrogen and oxygen atoms in total. The molecule has 0 fully saturated rings. The lowest BCUT2D eigenvalue weighted by molar-refractivity contribution is 1.28. The van der Waals surface area contributed by atoms with Crippen LogP contribution in [0.2, 0.25) is 0 Å². The second-order valence-electron chi connectivity index (χ2n) is 2.74. The van der Waals surface area contributed by atoms with Crippen LogP contribution in [0.25, 0.3) is 11.0 Å². The van der Waals surface area contributed by atoms with E-state index in [1.54, 1.807) is 6.20 Å². The zero-order valence-electron chi connectivity index (χ0n) is 8.78. The number of hydrogen-bond donors (Lipinski definition) is 1. The number of nitrogens with two attached hydrogens (primary N) is 1. The molecule has 0 aliphatic carbocycles. The highest BCUT2D eigenvalue weighted by Gasteiger charge is 1.98. The molecule has 3 heteroatoms. The van der Waals surface area contributed by atoms with Gasteiger partial charge in [0.1, 0.15) is 5.82 Å². The maximum Gasteiger partial charge on any atom is 0.142 e. The predicted molar refractivity (Wildman–Crippen MR) is 60.0 cm³/mol. The van der Waals surface area contributed by atoms with Gasteiger partial charge in [-0.1, -0.05) is 26.0 Å². The van der Waals surface area contributed by atoms with Crippen LogP contribution in [0.3, 0.4) is 0 Å². The van der Waals surface area contributed by atoms with E-state index in [2.05, 4.69) is 9.97 Å². The Kier molecular flexibility index (Phi) is 3.40. The van der Waals surface area contributed by atoms with Crippen molar-refractivity contribution in [2.45, 2.75) is 20.8 Å². The van der Waals surface area contributed by atoms with Crippen LogP contribution >= 0.6 is 0 Å². The largest absolute Gasteiger partial charge is 0.382 e. The van der Waals surface area contributed by atoms with Gasteiger partial charge in [-0.3, -0.25) is 4.98 Å². The van der Waals surface area contributed by atoms with Crippen molar-refractivity contribution in [2.75, 3.05) is 5.73 Å². The Morgan fingerprint density at radius 3 is 2.64 bits per heavy atom. The van der Waals surface area contributed by atoms with Gasteiger partial charge in [-0.15, -0.1) is 0 Å². The highest BCUT2D eigenvalue weighted by atomic mass is 14.9. The number of nitrogen functional groups attached to an aromatic ring is 1. The van der Waals surface area contributed by atoms with Crippen LogP contribution in [0.1, 0.15) is 19.4 Å². The van der Waals surface area contributed by atoms with Crippen LogP contribution in [0.5, 0.6) is 0 Å². The van der Waals surface area contributed by atoms with E-state index in [1.807, 2.05) is 39.0 Å². The number of benzene rings is 1. The Balaban J connectivity index is 0.000000461. The summed E-state index contributed by atoms with van der Waals surface area (Å²) < 4.78 is 0. The number of aromatic nitrogens is 2. The molecule has 0 saturated heterocycles. The van der Waals surface area contributed by atoms with E-state index in [0.717, 1.165) is 16.6 Å². The van der Waals surface area contributed by atoms with E-state index in [1.165, 1.54) is 0 Å². The molecule has 0 radical (unpaired) electrons. The van der Waals surface area contributed by atoms with Crippen LogP contribution in [0.15, 0.2) is 24.4 Å². The quantitative estimate of drug-likeness (QED) is 0.692. The van der Waals surface area contributed by atoms with Crippen molar-refractivity contribution >= 4 is 16.9 Å². The first-order chi connectivity index (χ1) is 6.77. The third-order valence-corrected chi connectivity index (χ3v) is 1.79. The molecule has 0 amide bonds. The molecular weight excluding hydrogens is 174 g/mol. The minimum Gasteiger partial charge on any atom is -0.382 e. The summed E-state index contributed by atoms with van der Waals surface area (Å²) in [4.78, 5) is 8.34. The van der Waals surface area contributed by atoms with Crippen molar-refractivity contribution in [1.82, 2.24) is 9.97 Å². The molecule has 2 N–H and O–H groups in total. The number of para-hydroxylation sites is 1. The van der Waals surface area contributed by atoms with Crippen molar-refractivity contribution in [3.05, 3.63) is 30.0 Å². The lowest BCUT2D eigenvalue weighted by Crippen LogP contribution is -1.93. The van der Waals surface area contributed by atoms with Crippen LogP contribution < -0.4 is 5.73 Å². The first-order valence-corrected chi connectivity index (χ1v) is 4.75. The zero-order chi connectivity index (χ0) is 10.6. The maximum absolute atomic E-state index is 5.52. The molecule has 2 rings (SSSR count). The molecule has 0 atom stereocenters. The van der Waals surface area contributed by atoms with Gasteiger partial charge in [-0.2, -0.15) is 0 Å². The molecule has 0 spiro atoms. The van der Waals surface area contributed by atoms with Crippen molar-refractivity contribution < 1.29 is 0 Å². The van der Waals surface area contributed by atoms with E-state index < -0.39 is 0 Å². The molecule has 1 aromatic heterocycles. The van der Waals surface area contributed by atoms with Crippen LogP contribution in [-0.2, 0) is 0 Å². The van der Waals surface area contributed by atoms with Crippen molar-refractivity contribution in [2.24, 2.45) is 0 Å². The first-order valence-electron chi connectivity index (χ1n) is 4.75. The molecule has 74 valence electrons. The highest BCUT2D eigenvalue weighted by molar-refractivity contribution is 5.78. The van der Waals surface area contributed by atoms with Gasteiger partial charge in [0.2, 0.25) is 0 Å². The first kappa shape index (κ1) is 10.4. The predicted octanol–water partition coefficient (Wildman–Crippen LogP) is 2.55. The van der Waals surface area contributed by atoms with Crippen LogP contribution in [-0.4, -0.2) is 9.97 Å². The summed E-state index contributed by atoms with van der Waals surface area (Å²) in [5, 5.41) is 0. The van der Waals surface area contributed by atoms with Crippen molar-refractivity contribution in [3.63, 3.8) is 0 Å². The summed E-state index contributed by atoms with van der Waals surface area (Å²) >= 11 is 0. The maximum atomic E-state index is 5.52. The minimum atomic E-state index is 0.469. The number of fused-ring (bicyclic) bond motifs is 1. The van der Waals surface area contributed by atoms with E-state index in [0.29, 0.717) is 5.82 Å². The molecule has 0 aliphatic rings. The van der Waals surface area contributed by atoms with Crippen LogP contribution in [0.4, 0.5) is 5.82 Å². The average Bonchev–Trinajstić information content (AvgIpc) is 2.22. The molecule has 0 unspecified atom stereocenters. The van der Waals surface area contributed by atoms with E-state index in [-0.39, 0.29) is 0 Å². The number of hydrogen-bond acceptors (Lipinski definition) is 3. The van der Waals surface area contributed by atoms with Gasteiger partial charge in [-0.05, 0) is 18.6 Å². The number of nitrogens with zero attached hydrogens (tertiary/aromatic N) is 2. The summed E-state index contributed by atoms with van der Waals surface area (Å²) in [6.07, 6.45) is 1.57. The fourth-order valence-electron chi connectivity index (χ4n) is 1.19. The standard InChI is InChI=1S/C9H9N3.C2H6/c1-6-3-2-4-7-9(6)12-8(10)5-11-7;1-2/h2-5H,1H3,(H2,10,12);1-2H3. The smallest absolute Gasteiger partial charge is 0.142 e. The topological polar surface area (TPSA) is 51.8 Å². The number of aryl methyl sites for hydroxylation is 1. The van der Waals surface area contributed by atoms with E-state index in [4.69, 9.17) is 5.73 Å². The zero-order valence-corrected chi connectivity index (χ0v) is 8.78. The van der Waals surface area contributed by atoms with E-state index >= 15 is 0 Å². The third-order valence-electron chi connectivity index (χ3n) is 1.79.